The lowest BCUT2D eigenvalue weighted by Crippen LogP contribution is -2.15. The predicted octanol–water partition coefficient (Wildman–Crippen LogP) is 5.31. The average Bonchev–Trinajstić information content (AvgIpc) is 2.68. The summed E-state index contributed by atoms with van der Waals surface area (Å²) in [6, 6.07) is 15.2. The quantitative estimate of drug-likeness (QED) is 0.491. The Labute approximate surface area is 155 Å². The van der Waals surface area contributed by atoms with E-state index in [4.69, 9.17) is 9.47 Å². The summed E-state index contributed by atoms with van der Waals surface area (Å²) in [4.78, 5) is 12.7. The van der Waals surface area contributed by atoms with Crippen molar-refractivity contribution in [2.45, 2.75) is 33.1 Å². The van der Waals surface area contributed by atoms with E-state index in [1.165, 1.54) is 0 Å². The van der Waals surface area contributed by atoms with Crippen LogP contribution in [0.3, 0.4) is 0 Å². The second kappa shape index (κ2) is 10.3. The minimum Gasteiger partial charge on any atom is -0.497 e. The van der Waals surface area contributed by atoms with E-state index in [1.54, 1.807) is 7.11 Å². The molecule has 0 aliphatic heterocycles. The summed E-state index contributed by atoms with van der Waals surface area (Å²) in [5.74, 6) is 1.38. The number of methoxy groups -OCH3 is 1. The lowest BCUT2D eigenvalue weighted by molar-refractivity contribution is -0.112. The number of rotatable bonds is 9. The number of nitrogens with one attached hydrogen (secondary N) is 1. The SMILES string of the molecule is CCCCOc1ccccc1NC(=O)/C(=C/c1ccc(OC)cc1)CC. The summed E-state index contributed by atoms with van der Waals surface area (Å²) < 4.78 is 11.0. The number of para-hydroxylation sites is 2. The van der Waals surface area contributed by atoms with Gasteiger partial charge in [0.2, 0.25) is 0 Å². The van der Waals surface area contributed by atoms with Gasteiger partial charge in [0.1, 0.15) is 11.5 Å². The summed E-state index contributed by atoms with van der Waals surface area (Å²) in [5.41, 5.74) is 2.37. The van der Waals surface area contributed by atoms with E-state index in [0.29, 0.717) is 30.0 Å². The van der Waals surface area contributed by atoms with Gasteiger partial charge in [-0.3, -0.25) is 4.79 Å². The predicted molar refractivity (Wildman–Crippen MR) is 107 cm³/mol. The van der Waals surface area contributed by atoms with Crippen molar-refractivity contribution in [3.8, 4) is 11.5 Å². The standard InChI is InChI=1S/C22H27NO3/c1-4-6-15-26-21-10-8-7-9-20(21)23-22(24)18(5-2)16-17-11-13-19(25-3)14-12-17/h7-14,16H,4-6,15H2,1-3H3,(H,23,24)/b18-16+. The number of hydrogen-bond donors (Lipinski definition) is 1. The first kappa shape index (κ1) is 19.6. The third-order valence-corrected chi connectivity index (χ3v) is 4.02. The minimum absolute atomic E-state index is 0.116. The molecule has 2 aromatic rings. The van der Waals surface area contributed by atoms with E-state index < -0.39 is 0 Å². The number of carbonyl (C=O) groups excluding carboxylic acids is 1. The van der Waals surface area contributed by atoms with E-state index >= 15 is 0 Å². The first-order chi connectivity index (χ1) is 12.7. The highest BCUT2D eigenvalue weighted by Gasteiger charge is 2.11. The molecule has 0 saturated heterocycles. The molecule has 0 aromatic heterocycles. The zero-order valence-electron chi connectivity index (χ0n) is 15.7. The van der Waals surface area contributed by atoms with E-state index in [9.17, 15) is 4.79 Å². The number of carbonyl (C=O) groups is 1. The lowest BCUT2D eigenvalue weighted by atomic mass is 10.1. The Kier molecular flexibility index (Phi) is 7.75. The van der Waals surface area contributed by atoms with Gasteiger partial charge in [-0.1, -0.05) is 44.5 Å². The maximum absolute atomic E-state index is 12.7. The molecule has 2 aromatic carbocycles. The molecule has 2 rings (SSSR count). The summed E-state index contributed by atoms with van der Waals surface area (Å²) >= 11 is 0. The van der Waals surface area contributed by atoms with Crippen LogP contribution in [-0.4, -0.2) is 19.6 Å². The Balaban J connectivity index is 2.12. The summed E-state index contributed by atoms with van der Waals surface area (Å²) in [7, 11) is 1.63. The number of anilines is 1. The zero-order chi connectivity index (χ0) is 18.8. The van der Waals surface area contributed by atoms with Gasteiger partial charge >= 0.3 is 0 Å². The number of hydrogen-bond acceptors (Lipinski definition) is 3. The topological polar surface area (TPSA) is 47.6 Å². The molecule has 4 nitrogen and oxygen atoms in total. The van der Waals surface area contributed by atoms with Crippen LogP contribution in [0.15, 0.2) is 54.1 Å². The van der Waals surface area contributed by atoms with Gasteiger partial charge < -0.3 is 14.8 Å². The van der Waals surface area contributed by atoms with Crippen LogP contribution in [0.2, 0.25) is 0 Å². The van der Waals surface area contributed by atoms with Gasteiger partial charge in [-0.15, -0.1) is 0 Å². The van der Waals surface area contributed by atoms with Crippen molar-refractivity contribution in [1.82, 2.24) is 0 Å². The molecule has 0 atom stereocenters. The van der Waals surface area contributed by atoms with Crippen LogP contribution in [0.25, 0.3) is 6.08 Å². The van der Waals surface area contributed by atoms with Crippen molar-refractivity contribution >= 4 is 17.7 Å². The molecule has 138 valence electrons. The van der Waals surface area contributed by atoms with E-state index in [0.717, 1.165) is 24.2 Å². The zero-order valence-corrected chi connectivity index (χ0v) is 15.7. The van der Waals surface area contributed by atoms with Crippen molar-refractivity contribution in [2.24, 2.45) is 0 Å². The molecular formula is C22H27NO3. The van der Waals surface area contributed by atoms with Crippen LogP contribution in [0.1, 0.15) is 38.7 Å². The highest BCUT2D eigenvalue weighted by atomic mass is 16.5. The Bertz CT molecular complexity index is 735. The molecule has 1 N–H and O–H groups in total. The van der Waals surface area contributed by atoms with E-state index in [-0.39, 0.29) is 5.91 Å². The third kappa shape index (κ3) is 5.66. The van der Waals surface area contributed by atoms with Gasteiger partial charge in [-0.05, 0) is 48.7 Å². The summed E-state index contributed by atoms with van der Waals surface area (Å²) in [6.07, 6.45) is 4.59. The van der Waals surface area contributed by atoms with Gasteiger partial charge in [0.25, 0.3) is 5.91 Å². The average molecular weight is 353 g/mol. The molecule has 0 unspecified atom stereocenters. The molecule has 1 amide bonds. The molecular weight excluding hydrogens is 326 g/mol. The summed E-state index contributed by atoms with van der Waals surface area (Å²) in [6.45, 7) is 4.73. The molecule has 0 aliphatic carbocycles. The van der Waals surface area contributed by atoms with Crippen molar-refractivity contribution < 1.29 is 14.3 Å². The number of benzene rings is 2. The van der Waals surface area contributed by atoms with Gasteiger partial charge in [0.15, 0.2) is 0 Å². The molecule has 4 heteroatoms. The van der Waals surface area contributed by atoms with Crippen molar-refractivity contribution in [1.29, 1.82) is 0 Å². The van der Waals surface area contributed by atoms with Gasteiger partial charge in [-0.25, -0.2) is 0 Å². The highest BCUT2D eigenvalue weighted by molar-refractivity contribution is 6.07. The molecule has 0 heterocycles. The summed E-state index contributed by atoms with van der Waals surface area (Å²) in [5, 5.41) is 2.97. The third-order valence-electron chi connectivity index (χ3n) is 4.02. The molecule has 26 heavy (non-hydrogen) atoms. The van der Waals surface area contributed by atoms with Crippen LogP contribution in [0.5, 0.6) is 11.5 Å². The smallest absolute Gasteiger partial charge is 0.251 e. The Morgan fingerprint density at radius 1 is 1.08 bits per heavy atom. The van der Waals surface area contributed by atoms with Crippen LogP contribution in [0.4, 0.5) is 5.69 Å². The largest absolute Gasteiger partial charge is 0.497 e. The second-order valence-corrected chi connectivity index (χ2v) is 5.95. The van der Waals surface area contributed by atoms with Gasteiger partial charge in [-0.2, -0.15) is 0 Å². The number of ether oxygens (including phenoxy) is 2. The van der Waals surface area contributed by atoms with Crippen molar-refractivity contribution in [3.05, 3.63) is 59.7 Å². The molecule has 0 saturated carbocycles. The first-order valence-corrected chi connectivity index (χ1v) is 9.05. The van der Waals surface area contributed by atoms with Crippen molar-refractivity contribution in [2.75, 3.05) is 19.0 Å². The fraction of sp³-hybridized carbons (Fsp3) is 0.318. The maximum Gasteiger partial charge on any atom is 0.251 e. The normalized spacial score (nSPS) is 11.1. The molecule has 0 fully saturated rings. The Morgan fingerprint density at radius 2 is 1.81 bits per heavy atom. The van der Waals surface area contributed by atoms with Crippen molar-refractivity contribution in [3.63, 3.8) is 0 Å². The Hall–Kier alpha value is -2.75. The lowest BCUT2D eigenvalue weighted by Gasteiger charge is -2.13. The van der Waals surface area contributed by atoms with Crippen LogP contribution >= 0.6 is 0 Å². The van der Waals surface area contributed by atoms with E-state index in [1.807, 2.05) is 61.5 Å². The first-order valence-electron chi connectivity index (χ1n) is 9.05. The maximum atomic E-state index is 12.7. The van der Waals surface area contributed by atoms with Gasteiger partial charge in [0.05, 0.1) is 19.4 Å². The van der Waals surface area contributed by atoms with Crippen LogP contribution in [-0.2, 0) is 4.79 Å². The number of amides is 1. The fourth-order valence-electron chi connectivity index (χ4n) is 2.45. The molecule has 0 spiro atoms. The Morgan fingerprint density at radius 3 is 2.46 bits per heavy atom. The monoisotopic (exact) mass is 353 g/mol. The molecule has 0 aliphatic rings. The minimum atomic E-state index is -0.116. The molecule has 0 bridgehead atoms. The fourth-order valence-corrected chi connectivity index (χ4v) is 2.45. The van der Waals surface area contributed by atoms with Crippen LogP contribution < -0.4 is 14.8 Å². The second-order valence-electron chi connectivity index (χ2n) is 5.95. The van der Waals surface area contributed by atoms with Gasteiger partial charge in [0, 0.05) is 5.57 Å². The highest BCUT2D eigenvalue weighted by Crippen LogP contribution is 2.25. The van der Waals surface area contributed by atoms with Crippen LogP contribution in [0, 0.1) is 0 Å². The molecule has 0 radical (unpaired) electrons. The number of unbranched alkanes of at least 4 members (excludes halogenated alkanes) is 1. The van der Waals surface area contributed by atoms with E-state index in [2.05, 4.69) is 12.2 Å².